The molecule has 1 saturated heterocycles. The van der Waals surface area contributed by atoms with E-state index in [1.165, 1.54) is 0 Å². The molecule has 1 aromatic carbocycles. The quantitative estimate of drug-likeness (QED) is 0.800. The second-order valence-corrected chi connectivity index (χ2v) is 5.56. The van der Waals surface area contributed by atoms with Gasteiger partial charge in [-0.2, -0.15) is 5.10 Å². The van der Waals surface area contributed by atoms with Gasteiger partial charge in [-0.3, -0.25) is 0 Å². The zero-order valence-corrected chi connectivity index (χ0v) is 13.1. The number of nitrogens with one attached hydrogen (secondary N) is 1. The van der Waals surface area contributed by atoms with Crippen molar-refractivity contribution in [1.29, 1.82) is 0 Å². The van der Waals surface area contributed by atoms with Crippen molar-refractivity contribution in [3.8, 4) is 17.0 Å². The highest BCUT2D eigenvalue weighted by Crippen LogP contribution is 2.29. The van der Waals surface area contributed by atoms with Gasteiger partial charge < -0.3 is 15.0 Å². The Morgan fingerprint density at radius 1 is 1.13 bits per heavy atom. The molecule has 0 aliphatic carbocycles. The summed E-state index contributed by atoms with van der Waals surface area (Å²) in [6, 6.07) is 11.9. The SMILES string of the molecule is COc1ccccc1-c1cc2nc(N3CCNCC3)ccn2n1. The second-order valence-electron chi connectivity index (χ2n) is 5.56. The summed E-state index contributed by atoms with van der Waals surface area (Å²) in [4.78, 5) is 7.06. The fourth-order valence-corrected chi connectivity index (χ4v) is 2.93. The van der Waals surface area contributed by atoms with Crippen LogP contribution in [0.2, 0.25) is 0 Å². The van der Waals surface area contributed by atoms with Crippen LogP contribution in [0.15, 0.2) is 42.6 Å². The monoisotopic (exact) mass is 309 g/mol. The van der Waals surface area contributed by atoms with Gasteiger partial charge in [0.2, 0.25) is 0 Å². The number of hydrogen-bond donors (Lipinski definition) is 1. The number of aromatic nitrogens is 3. The van der Waals surface area contributed by atoms with Crippen molar-refractivity contribution in [2.45, 2.75) is 0 Å². The third-order valence-corrected chi connectivity index (χ3v) is 4.13. The van der Waals surface area contributed by atoms with Gasteiger partial charge in [0, 0.05) is 44.0 Å². The molecule has 2 aromatic heterocycles. The van der Waals surface area contributed by atoms with Crippen molar-refractivity contribution in [3.63, 3.8) is 0 Å². The van der Waals surface area contributed by atoms with E-state index in [1.807, 2.05) is 47.1 Å². The predicted molar refractivity (Wildman–Crippen MR) is 90.1 cm³/mol. The van der Waals surface area contributed by atoms with Gasteiger partial charge in [-0.05, 0) is 18.2 Å². The van der Waals surface area contributed by atoms with Gasteiger partial charge >= 0.3 is 0 Å². The Morgan fingerprint density at radius 2 is 1.96 bits per heavy atom. The number of benzene rings is 1. The second kappa shape index (κ2) is 5.89. The molecule has 1 fully saturated rings. The lowest BCUT2D eigenvalue weighted by molar-refractivity contribution is 0.416. The van der Waals surface area contributed by atoms with Gasteiger partial charge in [0.25, 0.3) is 0 Å². The molecule has 3 aromatic rings. The largest absolute Gasteiger partial charge is 0.496 e. The van der Waals surface area contributed by atoms with Crippen molar-refractivity contribution >= 4 is 11.5 Å². The molecule has 6 heteroatoms. The van der Waals surface area contributed by atoms with Crippen LogP contribution in [-0.2, 0) is 0 Å². The highest BCUT2D eigenvalue weighted by molar-refractivity contribution is 5.70. The third-order valence-electron chi connectivity index (χ3n) is 4.13. The van der Waals surface area contributed by atoms with E-state index in [9.17, 15) is 0 Å². The Hall–Kier alpha value is -2.60. The zero-order valence-electron chi connectivity index (χ0n) is 13.1. The number of nitrogens with zero attached hydrogens (tertiary/aromatic N) is 4. The van der Waals surface area contributed by atoms with E-state index in [4.69, 9.17) is 9.72 Å². The molecular formula is C17H19N5O. The van der Waals surface area contributed by atoms with Crippen LogP contribution in [0.1, 0.15) is 0 Å². The Kier molecular flexibility index (Phi) is 3.59. The summed E-state index contributed by atoms with van der Waals surface area (Å²) < 4.78 is 7.24. The average molecular weight is 309 g/mol. The average Bonchev–Trinajstić information content (AvgIpc) is 3.05. The predicted octanol–water partition coefficient (Wildman–Crippen LogP) is 1.81. The Morgan fingerprint density at radius 3 is 2.78 bits per heavy atom. The molecule has 3 heterocycles. The first-order valence-electron chi connectivity index (χ1n) is 7.80. The zero-order chi connectivity index (χ0) is 15.6. The molecule has 0 amide bonds. The highest BCUT2D eigenvalue weighted by atomic mass is 16.5. The van der Waals surface area contributed by atoms with Crippen molar-refractivity contribution in [2.24, 2.45) is 0 Å². The number of para-hydroxylation sites is 1. The highest BCUT2D eigenvalue weighted by Gasteiger charge is 2.14. The van der Waals surface area contributed by atoms with E-state index in [1.54, 1.807) is 7.11 Å². The Labute approximate surface area is 134 Å². The van der Waals surface area contributed by atoms with Gasteiger partial charge in [0.15, 0.2) is 5.65 Å². The molecule has 1 aliphatic rings. The summed E-state index contributed by atoms with van der Waals surface area (Å²) in [5.41, 5.74) is 2.69. The van der Waals surface area contributed by atoms with Crippen LogP contribution in [0.4, 0.5) is 5.82 Å². The number of anilines is 1. The first kappa shape index (κ1) is 14.0. The van der Waals surface area contributed by atoms with Crippen LogP contribution in [-0.4, -0.2) is 47.9 Å². The number of piperazine rings is 1. The van der Waals surface area contributed by atoms with Crippen LogP contribution in [0, 0.1) is 0 Å². The lowest BCUT2D eigenvalue weighted by Crippen LogP contribution is -2.43. The van der Waals surface area contributed by atoms with Gasteiger partial charge in [0.1, 0.15) is 11.6 Å². The summed E-state index contributed by atoms with van der Waals surface area (Å²) in [7, 11) is 1.68. The van der Waals surface area contributed by atoms with Gasteiger partial charge in [-0.25, -0.2) is 9.50 Å². The molecule has 23 heavy (non-hydrogen) atoms. The number of hydrogen-bond acceptors (Lipinski definition) is 5. The fraction of sp³-hybridized carbons (Fsp3) is 0.294. The number of fused-ring (bicyclic) bond motifs is 1. The molecule has 6 nitrogen and oxygen atoms in total. The molecule has 0 spiro atoms. The number of rotatable bonds is 3. The maximum atomic E-state index is 5.43. The van der Waals surface area contributed by atoms with E-state index in [-0.39, 0.29) is 0 Å². The van der Waals surface area contributed by atoms with Crippen LogP contribution in [0.5, 0.6) is 5.75 Å². The standard InChI is InChI=1S/C17H19N5O/c1-23-15-5-3-2-4-13(15)14-12-17-19-16(6-9-22(17)20-14)21-10-7-18-8-11-21/h2-6,9,12,18H,7-8,10-11H2,1H3. The molecule has 0 saturated carbocycles. The molecule has 4 rings (SSSR count). The number of ether oxygens (including phenoxy) is 1. The van der Waals surface area contributed by atoms with E-state index < -0.39 is 0 Å². The van der Waals surface area contributed by atoms with Crippen LogP contribution < -0.4 is 15.0 Å². The maximum Gasteiger partial charge on any atom is 0.157 e. The fourth-order valence-electron chi connectivity index (χ4n) is 2.93. The minimum absolute atomic E-state index is 0.818. The first-order chi connectivity index (χ1) is 11.3. The number of methoxy groups -OCH3 is 1. The lowest BCUT2D eigenvalue weighted by atomic mass is 10.1. The molecule has 1 N–H and O–H groups in total. The van der Waals surface area contributed by atoms with Crippen molar-refractivity contribution in [1.82, 2.24) is 19.9 Å². The third kappa shape index (κ3) is 2.61. The topological polar surface area (TPSA) is 54.7 Å². The smallest absolute Gasteiger partial charge is 0.157 e. The van der Waals surface area contributed by atoms with E-state index in [0.717, 1.165) is 54.7 Å². The molecular weight excluding hydrogens is 290 g/mol. The molecule has 118 valence electrons. The lowest BCUT2D eigenvalue weighted by Gasteiger charge is -2.28. The normalized spacial score (nSPS) is 15.1. The maximum absolute atomic E-state index is 5.43. The molecule has 1 aliphatic heterocycles. The van der Waals surface area contributed by atoms with Gasteiger partial charge in [0.05, 0.1) is 12.8 Å². The molecule has 0 atom stereocenters. The van der Waals surface area contributed by atoms with Gasteiger partial charge in [-0.1, -0.05) is 12.1 Å². The van der Waals surface area contributed by atoms with Gasteiger partial charge in [-0.15, -0.1) is 0 Å². The summed E-state index contributed by atoms with van der Waals surface area (Å²) in [6.45, 7) is 3.96. The summed E-state index contributed by atoms with van der Waals surface area (Å²) in [6.07, 6.45) is 1.97. The first-order valence-corrected chi connectivity index (χ1v) is 7.80. The van der Waals surface area contributed by atoms with Crippen LogP contribution in [0.25, 0.3) is 16.9 Å². The molecule has 0 radical (unpaired) electrons. The molecule has 0 unspecified atom stereocenters. The van der Waals surface area contributed by atoms with Crippen LogP contribution >= 0.6 is 0 Å². The summed E-state index contributed by atoms with van der Waals surface area (Å²) in [5, 5.41) is 7.98. The summed E-state index contributed by atoms with van der Waals surface area (Å²) >= 11 is 0. The summed E-state index contributed by atoms with van der Waals surface area (Å²) in [5.74, 6) is 1.82. The van der Waals surface area contributed by atoms with Crippen molar-refractivity contribution < 1.29 is 4.74 Å². The Balaban J connectivity index is 1.73. The van der Waals surface area contributed by atoms with Crippen LogP contribution in [0.3, 0.4) is 0 Å². The molecule has 0 bridgehead atoms. The minimum atomic E-state index is 0.818. The van der Waals surface area contributed by atoms with Crippen molar-refractivity contribution in [2.75, 3.05) is 38.2 Å². The van der Waals surface area contributed by atoms with E-state index in [0.29, 0.717) is 0 Å². The van der Waals surface area contributed by atoms with E-state index >= 15 is 0 Å². The van der Waals surface area contributed by atoms with Crippen molar-refractivity contribution in [3.05, 3.63) is 42.6 Å². The van der Waals surface area contributed by atoms with E-state index in [2.05, 4.69) is 15.3 Å². The Bertz CT molecular complexity index is 823. The minimum Gasteiger partial charge on any atom is -0.496 e.